The maximum atomic E-state index is 6.56. The molecule has 0 amide bonds. The van der Waals surface area contributed by atoms with Crippen LogP contribution in [0.2, 0.25) is 5.15 Å². The molecule has 2 saturated carbocycles. The maximum absolute atomic E-state index is 6.56. The Bertz CT molecular complexity index is 894. The molecule has 5 heteroatoms. The Hall–Kier alpha value is -1.94. The van der Waals surface area contributed by atoms with Gasteiger partial charge >= 0.3 is 0 Å². The van der Waals surface area contributed by atoms with Gasteiger partial charge in [-0.15, -0.1) is 0 Å². The molecule has 1 aromatic heterocycles. The van der Waals surface area contributed by atoms with E-state index in [0.717, 1.165) is 29.3 Å². The number of aryl methyl sites for hydroxylation is 1. The van der Waals surface area contributed by atoms with Gasteiger partial charge in [-0.25, -0.2) is 4.68 Å². The summed E-state index contributed by atoms with van der Waals surface area (Å²) >= 11 is 6.56. The lowest BCUT2D eigenvalue weighted by Gasteiger charge is -2.34. The molecular weight excluding hydrogens is 344 g/mol. The summed E-state index contributed by atoms with van der Waals surface area (Å²) in [6.07, 6.45) is 5.34. The lowest BCUT2D eigenvalue weighted by atomic mass is 9.70. The quantitative estimate of drug-likeness (QED) is 0.524. The summed E-state index contributed by atoms with van der Waals surface area (Å²) < 4.78 is 1.74. The van der Waals surface area contributed by atoms with Crippen molar-refractivity contribution in [2.75, 3.05) is 0 Å². The van der Waals surface area contributed by atoms with Crippen LogP contribution in [-0.4, -0.2) is 21.7 Å². The number of rotatable bonds is 3. The molecule has 2 bridgehead atoms. The maximum Gasteiger partial charge on any atom is 0.142 e. The summed E-state index contributed by atoms with van der Waals surface area (Å²) in [5, 5.41) is 14.1. The second-order valence-corrected chi connectivity index (χ2v) is 8.68. The lowest BCUT2D eigenvalue weighted by Crippen LogP contribution is -2.32. The van der Waals surface area contributed by atoms with Crippen LogP contribution in [0.15, 0.2) is 40.5 Å². The van der Waals surface area contributed by atoms with Gasteiger partial charge in [0.05, 0.1) is 23.2 Å². The molecule has 0 N–H and O–H groups in total. The Balaban J connectivity index is 1.62. The first-order valence-corrected chi connectivity index (χ1v) is 9.63. The van der Waals surface area contributed by atoms with Crippen LogP contribution < -0.4 is 0 Å². The van der Waals surface area contributed by atoms with Crippen molar-refractivity contribution in [3.05, 3.63) is 46.7 Å². The van der Waals surface area contributed by atoms with Crippen LogP contribution in [0, 0.1) is 23.7 Å². The molecule has 2 aromatic rings. The standard InChI is InChI=1S/C21H25ClN4/c1-14-17(19(22)26(25-14)16-8-6-5-7-9-16)13-23-24-18-12-15-10-11-21(18,4)20(15,2)3/h5-9,13,15H,10-12H2,1-4H3/b23-13-,24-18-/t15-,21-/m1/s1. The van der Waals surface area contributed by atoms with E-state index in [0.29, 0.717) is 10.6 Å². The van der Waals surface area contributed by atoms with E-state index in [9.17, 15) is 0 Å². The van der Waals surface area contributed by atoms with Crippen molar-refractivity contribution < 1.29 is 0 Å². The fourth-order valence-corrected chi connectivity index (χ4v) is 4.95. The topological polar surface area (TPSA) is 42.5 Å². The van der Waals surface area contributed by atoms with Crippen molar-refractivity contribution in [3.8, 4) is 5.69 Å². The van der Waals surface area contributed by atoms with Gasteiger partial charge in [0.25, 0.3) is 0 Å². The molecule has 136 valence electrons. The van der Waals surface area contributed by atoms with Gasteiger partial charge in [-0.2, -0.15) is 15.3 Å². The first-order valence-electron chi connectivity index (χ1n) is 9.25. The first kappa shape index (κ1) is 17.5. The van der Waals surface area contributed by atoms with Gasteiger partial charge in [-0.05, 0) is 49.7 Å². The van der Waals surface area contributed by atoms with E-state index in [-0.39, 0.29) is 5.41 Å². The fraction of sp³-hybridized carbons (Fsp3) is 0.476. The minimum atomic E-state index is 0.169. The van der Waals surface area contributed by atoms with E-state index >= 15 is 0 Å². The van der Waals surface area contributed by atoms with Crippen LogP contribution in [0.5, 0.6) is 0 Å². The highest BCUT2D eigenvalue weighted by molar-refractivity contribution is 6.32. The Labute approximate surface area is 160 Å². The van der Waals surface area contributed by atoms with E-state index in [1.165, 1.54) is 18.6 Å². The molecular formula is C21H25ClN4. The number of aromatic nitrogens is 2. The average Bonchev–Trinajstić information content (AvgIpc) is 3.10. The van der Waals surface area contributed by atoms with E-state index in [1.807, 2.05) is 37.3 Å². The van der Waals surface area contributed by atoms with Crippen LogP contribution in [0.1, 0.15) is 51.3 Å². The number of benzene rings is 1. The minimum Gasteiger partial charge on any atom is -0.221 e. The van der Waals surface area contributed by atoms with Crippen molar-refractivity contribution in [1.29, 1.82) is 0 Å². The molecule has 2 aliphatic carbocycles. The zero-order valence-electron chi connectivity index (χ0n) is 15.8. The van der Waals surface area contributed by atoms with Gasteiger partial charge < -0.3 is 0 Å². The largest absolute Gasteiger partial charge is 0.221 e. The SMILES string of the molecule is Cc1nn(-c2ccccc2)c(Cl)c1/C=N\N=C1\C[C@H]2CC[C@@]1(C)C2(C)C. The monoisotopic (exact) mass is 368 g/mol. The third-order valence-electron chi connectivity index (χ3n) is 6.93. The Kier molecular flexibility index (Phi) is 4.07. The summed E-state index contributed by atoms with van der Waals surface area (Å²) in [5.41, 5.74) is 4.33. The average molecular weight is 369 g/mol. The first-order chi connectivity index (χ1) is 12.3. The van der Waals surface area contributed by atoms with Gasteiger partial charge in [0.2, 0.25) is 0 Å². The highest BCUT2D eigenvalue weighted by atomic mass is 35.5. The van der Waals surface area contributed by atoms with Gasteiger partial charge in [-0.3, -0.25) is 0 Å². The number of hydrogen-bond acceptors (Lipinski definition) is 3. The van der Waals surface area contributed by atoms with E-state index in [4.69, 9.17) is 11.6 Å². The van der Waals surface area contributed by atoms with Crippen molar-refractivity contribution in [3.63, 3.8) is 0 Å². The van der Waals surface area contributed by atoms with Crippen LogP contribution in [-0.2, 0) is 0 Å². The predicted molar refractivity (Wildman–Crippen MR) is 108 cm³/mol. The second-order valence-electron chi connectivity index (χ2n) is 8.32. The van der Waals surface area contributed by atoms with Crippen molar-refractivity contribution >= 4 is 23.5 Å². The van der Waals surface area contributed by atoms with Gasteiger partial charge in [0.1, 0.15) is 5.15 Å². The zero-order valence-corrected chi connectivity index (χ0v) is 16.6. The number of hydrogen-bond donors (Lipinski definition) is 0. The summed E-state index contributed by atoms with van der Waals surface area (Å²) in [6.45, 7) is 9.05. The molecule has 2 aliphatic rings. The Morgan fingerprint density at radius 3 is 2.58 bits per heavy atom. The Morgan fingerprint density at radius 2 is 1.96 bits per heavy atom. The number of fused-ring (bicyclic) bond motifs is 2. The minimum absolute atomic E-state index is 0.169. The van der Waals surface area contributed by atoms with Crippen LogP contribution in [0.25, 0.3) is 5.69 Å². The van der Waals surface area contributed by atoms with Crippen LogP contribution >= 0.6 is 11.6 Å². The molecule has 4 nitrogen and oxygen atoms in total. The molecule has 0 unspecified atom stereocenters. The number of nitrogens with zero attached hydrogens (tertiary/aromatic N) is 4. The number of halogens is 1. The molecule has 0 saturated heterocycles. The second kappa shape index (κ2) is 6.05. The van der Waals surface area contributed by atoms with E-state index in [1.54, 1.807) is 10.9 Å². The smallest absolute Gasteiger partial charge is 0.142 e. The molecule has 1 aromatic carbocycles. The summed E-state index contributed by atoms with van der Waals surface area (Å²) in [6, 6.07) is 9.89. The molecule has 4 rings (SSSR count). The summed E-state index contributed by atoms with van der Waals surface area (Å²) in [4.78, 5) is 0. The lowest BCUT2D eigenvalue weighted by molar-refractivity contribution is 0.194. The van der Waals surface area contributed by atoms with E-state index < -0.39 is 0 Å². The van der Waals surface area contributed by atoms with Crippen LogP contribution in [0.4, 0.5) is 0 Å². The van der Waals surface area contributed by atoms with Crippen molar-refractivity contribution in [1.82, 2.24) is 9.78 Å². The van der Waals surface area contributed by atoms with Crippen molar-refractivity contribution in [2.45, 2.75) is 47.0 Å². The van der Waals surface area contributed by atoms with Gasteiger partial charge in [-0.1, -0.05) is 50.6 Å². The number of para-hydroxylation sites is 1. The molecule has 1 heterocycles. The molecule has 0 radical (unpaired) electrons. The molecule has 26 heavy (non-hydrogen) atoms. The molecule has 2 fully saturated rings. The van der Waals surface area contributed by atoms with Crippen molar-refractivity contribution in [2.24, 2.45) is 27.0 Å². The molecule has 0 spiro atoms. The summed E-state index contributed by atoms with van der Waals surface area (Å²) in [5.74, 6) is 0.729. The third-order valence-corrected chi connectivity index (χ3v) is 7.29. The van der Waals surface area contributed by atoms with Gasteiger partial charge in [0.15, 0.2) is 0 Å². The van der Waals surface area contributed by atoms with E-state index in [2.05, 4.69) is 36.1 Å². The third kappa shape index (κ3) is 2.46. The molecule has 2 atom stereocenters. The fourth-order valence-electron chi connectivity index (χ4n) is 4.63. The highest BCUT2D eigenvalue weighted by Crippen LogP contribution is 2.63. The van der Waals surface area contributed by atoms with Gasteiger partial charge in [0, 0.05) is 11.1 Å². The summed E-state index contributed by atoms with van der Waals surface area (Å²) in [7, 11) is 0. The predicted octanol–water partition coefficient (Wildman–Crippen LogP) is 5.46. The normalized spacial score (nSPS) is 28.5. The molecule has 0 aliphatic heterocycles. The van der Waals surface area contributed by atoms with Crippen LogP contribution in [0.3, 0.4) is 0 Å². The highest BCUT2D eigenvalue weighted by Gasteiger charge is 2.59. The Morgan fingerprint density at radius 1 is 1.23 bits per heavy atom. The zero-order chi connectivity index (χ0) is 18.5.